The molecule has 7 nitrogen and oxygen atoms in total. The van der Waals surface area contributed by atoms with E-state index in [1.807, 2.05) is 6.07 Å². The Kier molecular flexibility index (Phi) is 7.83. The van der Waals surface area contributed by atoms with Gasteiger partial charge in [0.15, 0.2) is 0 Å². The van der Waals surface area contributed by atoms with Crippen LogP contribution in [0.15, 0.2) is 48.5 Å². The molecule has 0 bridgehead atoms. The van der Waals surface area contributed by atoms with E-state index in [-0.39, 0.29) is 24.4 Å². The topological polar surface area (TPSA) is 111 Å². The molecular formula is C21H24FN5O2. The first-order valence-corrected chi connectivity index (χ1v) is 9.10. The maximum absolute atomic E-state index is 13.3. The largest absolute Gasteiger partial charge is 0.328 e. The van der Waals surface area contributed by atoms with Crippen molar-refractivity contribution in [2.45, 2.75) is 25.4 Å². The van der Waals surface area contributed by atoms with Gasteiger partial charge in [-0.1, -0.05) is 6.07 Å². The smallest absolute Gasteiger partial charge is 0.241 e. The molecule has 0 saturated carbocycles. The van der Waals surface area contributed by atoms with E-state index >= 15 is 0 Å². The molecule has 0 fully saturated rings. The van der Waals surface area contributed by atoms with Gasteiger partial charge in [0.2, 0.25) is 11.8 Å². The van der Waals surface area contributed by atoms with Gasteiger partial charge >= 0.3 is 0 Å². The van der Waals surface area contributed by atoms with Crippen molar-refractivity contribution in [3.8, 4) is 6.07 Å². The zero-order chi connectivity index (χ0) is 21.4. The maximum Gasteiger partial charge on any atom is 0.241 e. The van der Waals surface area contributed by atoms with Gasteiger partial charge < -0.3 is 16.4 Å². The minimum Gasteiger partial charge on any atom is -0.328 e. The number of hydrogen-bond donors (Lipinski definition) is 3. The number of amides is 2. The number of hydrogen-bond acceptors (Lipinski definition) is 5. The average Bonchev–Trinajstić information content (AvgIpc) is 2.66. The van der Waals surface area contributed by atoms with Crippen LogP contribution in [0.25, 0.3) is 0 Å². The summed E-state index contributed by atoms with van der Waals surface area (Å²) in [6.45, 7) is 1.71. The summed E-state index contributed by atoms with van der Waals surface area (Å²) >= 11 is 0. The van der Waals surface area contributed by atoms with E-state index < -0.39 is 11.9 Å². The minimum absolute atomic E-state index is 0.0747. The number of nitrogens with two attached hydrogens (primary N) is 1. The van der Waals surface area contributed by atoms with E-state index in [1.54, 1.807) is 49.2 Å². The predicted molar refractivity (Wildman–Crippen MR) is 110 cm³/mol. The summed E-state index contributed by atoms with van der Waals surface area (Å²) in [4.78, 5) is 26.7. The molecule has 2 unspecified atom stereocenters. The first-order valence-electron chi connectivity index (χ1n) is 9.10. The standard InChI is InChI=1S/C21H24FN5O2/c1-14(24)10-19(21(29)26-17-8-6-15(12-23)7-9-17)27(2)13-20(28)25-18-5-3-4-16(22)11-18/h3-9,11,14,19H,10,13,24H2,1-2H3,(H,25,28)(H,26,29). The number of benzene rings is 2. The molecule has 2 rings (SSSR count). The molecule has 0 aliphatic rings. The van der Waals surface area contributed by atoms with Gasteiger partial charge in [-0.2, -0.15) is 5.26 Å². The first-order chi connectivity index (χ1) is 13.8. The third-order valence-corrected chi connectivity index (χ3v) is 4.21. The second-order valence-corrected chi connectivity index (χ2v) is 6.88. The van der Waals surface area contributed by atoms with Crippen molar-refractivity contribution in [1.82, 2.24) is 4.90 Å². The molecule has 0 heterocycles. The van der Waals surface area contributed by atoms with Crippen LogP contribution in [-0.4, -0.2) is 42.4 Å². The van der Waals surface area contributed by atoms with Crippen LogP contribution >= 0.6 is 0 Å². The SMILES string of the molecule is CC(N)CC(C(=O)Nc1ccc(C#N)cc1)N(C)CC(=O)Nc1cccc(F)c1. The van der Waals surface area contributed by atoms with Crippen LogP contribution < -0.4 is 16.4 Å². The van der Waals surface area contributed by atoms with Crippen LogP contribution in [0, 0.1) is 17.1 Å². The monoisotopic (exact) mass is 397 g/mol. The van der Waals surface area contributed by atoms with E-state index in [1.165, 1.54) is 18.2 Å². The van der Waals surface area contributed by atoms with E-state index in [0.717, 1.165) is 0 Å². The molecule has 8 heteroatoms. The minimum atomic E-state index is -0.649. The van der Waals surface area contributed by atoms with Crippen molar-refractivity contribution in [3.63, 3.8) is 0 Å². The van der Waals surface area contributed by atoms with Crippen LogP contribution in [-0.2, 0) is 9.59 Å². The second kappa shape index (κ2) is 10.3. The Balaban J connectivity index is 2.03. The number of nitriles is 1. The fourth-order valence-corrected chi connectivity index (χ4v) is 2.80. The lowest BCUT2D eigenvalue weighted by Gasteiger charge is -2.28. The molecule has 4 N–H and O–H groups in total. The number of nitrogens with one attached hydrogen (secondary N) is 2. The third-order valence-electron chi connectivity index (χ3n) is 4.21. The van der Waals surface area contributed by atoms with Crippen molar-refractivity contribution in [2.75, 3.05) is 24.2 Å². The highest BCUT2D eigenvalue weighted by Crippen LogP contribution is 2.13. The maximum atomic E-state index is 13.3. The molecular weight excluding hydrogens is 373 g/mol. The Morgan fingerprint density at radius 1 is 1.17 bits per heavy atom. The second-order valence-electron chi connectivity index (χ2n) is 6.88. The molecule has 0 saturated heterocycles. The Morgan fingerprint density at radius 3 is 2.45 bits per heavy atom. The van der Waals surface area contributed by atoms with Crippen LogP contribution in [0.2, 0.25) is 0 Å². The molecule has 2 atom stereocenters. The van der Waals surface area contributed by atoms with Gasteiger partial charge in [-0.05, 0) is 62.9 Å². The summed E-state index contributed by atoms with van der Waals surface area (Å²) < 4.78 is 13.3. The van der Waals surface area contributed by atoms with Crippen LogP contribution in [0.5, 0.6) is 0 Å². The Bertz CT molecular complexity index is 893. The highest BCUT2D eigenvalue weighted by molar-refractivity contribution is 5.96. The molecule has 2 aromatic carbocycles. The van der Waals surface area contributed by atoms with Crippen LogP contribution in [0.1, 0.15) is 18.9 Å². The van der Waals surface area contributed by atoms with Gasteiger partial charge in [0.05, 0.1) is 24.2 Å². The molecule has 0 aliphatic heterocycles. The molecule has 0 spiro atoms. The van der Waals surface area contributed by atoms with Crippen LogP contribution in [0.3, 0.4) is 0 Å². The molecule has 0 aromatic heterocycles. The van der Waals surface area contributed by atoms with E-state index in [2.05, 4.69) is 10.6 Å². The molecule has 2 aromatic rings. The molecule has 2 amide bonds. The van der Waals surface area contributed by atoms with Crippen molar-refractivity contribution in [3.05, 3.63) is 59.9 Å². The summed E-state index contributed by atoms with van der Waals surface area (Å²) in [7, 11) is 1.65. The lowest BCUT2D eigenvalue weighted by Crippen LogP contribution is -2.47. The number of nitrogens with zero attached hydrogens (tertiary/aromatic N) is 2. The molecule has 152 valence electrons. The Hall–Kier alpha value is -3.28. The lowest BCUT2D eigenvalue weighted by atomic mass is 10.1. The number of carbonyl (C=O) groups is 2. The summed E-state index contributed by atoms with van der Waals surface area (Å²) in [6.07, 6.45) is 0.339. The van der Waals surface area contributed by atoms with Gasteiger partial charge in [0, 0.05) is 17.4 Å². The van der Waals surface area contributed by atoms with Crippen molar-refractivity contribution in [1.29, 1.82) is 5.26 Å². The molecule has 0 radical (unpaired) electrons. The highest BCUT2D eigenvalue weighted by Gasteiger charge is 2.26. The zero-order valence-corrected chi connectivity index (χ0v) is 16.4. The number of carbonyl (C=O) groups excluding carboxylic acids is 2. The van der Waals surface area contributed by atoms with Gasteiger partial charge in [0.1, 0.15) is 5.82 Å². The van der Waals surface area contributed by atoms with Gasteiger partial charge in [-0.15, -0.1) is 0 Å². The number of anilines is 2. The van der Waals surface area contributed by atoms with Crippen molar-refractivity contribution >= 4 is 23.2 Å². The van der Waals surface area contributed by atoms with Gasteiger partial charge in [0.25, 0.3) is 0 Å². The van der Waals surface area contributed by atoms with Crippen LogP contribution in [0.4, 0.5) is 15.8 Å². The summed E-state index contributed by atoms with van der Waals surface area (Å²) in [6, 6.07) is 13.2. The lowest BCUT2D eigenvalue weighted by molar-refractivity contribution is -0.123. The Morgan fingerprint density at radius 2 is 1.86 bits per heavy atom. The predicted octanol–water partition coefficient (Wildman–Crippen LogP) is 2.31. The average molecular weight is 397 g/mol. The number of rotatable bonds is 8. The van der Waals surface area contributed by atoms with Gasteiger partial charge in [-0.3, -0.25) is 14.5 Å². The number of halogens is 1. The highest BCUT2D eigenvalue weighted by atomic mass is 19.1. The van der Waals surface area contributed by atoms with Crippen molar-refractivity contribution < 1.29 is 14.0 Å². The summed E-state index contributed by atoms with van der Waals surface area (Å²) in [5.41, 5.74) is 7.26. The number of likely N-dealkylation sites (N-methyl/N-ethyl adjacent to an activating group) is 1. The first kappa shape index (κ1) is 22.0. The summed E-state index contributed by atoms with van der Waals surface area (Å²) in [5, 5.41) is 14.3. The molecule has 0 aliphatic carbocycles. The quantitative estimate of drug-likeness (QED) is 0.633. The van der Waals surface area contributed by atoms with E-state index in [9.17, 15) is 14.0 Å². The Labute approximate surface area is 169 Å². The normalized spacial score (nSPS) is 12.7. The van der Waals surface area contributed by atoms with E-state index in [0.29, 0.717) is 23.4 Å². The van der Waals surface area contributed by atoms with E-state index in [4.69, 9.17) is 11.0 Å². The fourth-order valence-electron chi connectivity index (χ4n) is 2.80. The molecule has 29 heavy (non-hydrogen) atoms. The summed E-state index contributed by atoms with van der Waals surface area (Å²) in [5.74, 6) is -1.14. The van der Waals surface area contributed by atoms with Crippen molar-refractivity contribution in [2.24, 2.45) is 5.73 Å². The fraction of sp³-hybridized carbons (Fsp3) is 0.286. The third kappa shape index (κ3) is 6.99. The van der Waals surface area contributed by atoms with Gasteiger partial charge in [-0.25, -0.2) is 4.39 Å². The zero-order valence-electron chi connectivity index (χ0n) is 16.4.